The van der Waals surface area contributed by atoms with E-state index >= 15 is 0 Å². The van der Waals surface area contributed by atoms with Crippen molar-refractivity contribution >= 4 is 5.97 Å². The maximum atomic E-state index is 11.9. The number of hydrogen-bond donors (Lipinski definition) is 18. The molecule has 0 amide bonds. The van der Waals surface area contributed by atoms with Crippen molar-refractivity contribution in [2.24, 2.45) is 0 Å². The van der Waals surface area contributed by atoms with Crippen LogP contribution < -0.4 is 0 Å². The average Bonchev–Trinajstić information content (AvgIpc) is 3.15. The predicted molar refractivity (Wildman–Crippen MR) is 272 cm³/mol. The minimum atomic E-state index is -2.19. The Morgan fingerprint density at radius 1 is 0.386 bits per heavy atom. The van der Waals surface area contributed by atoms with Crippen LogP contribution in [0.4, 0.5) is 0 Å². The molecule has 83 heavy (non-hydrogen) atoms. The maximum absolute atomic E-state index is 11.9. The van der Waals surface area contributed by atoms with Gasteiger partial charge in [-0.05, 0) is 33.1 Å². The molecule has 0 unspecified atom stereocenters. The highest BCUT2D eigenvalue weighted by Crippen LogP contribution is 2.38. The molecule has 486 valence electrons. The molecule has 0 spiro atoms. The Morgan fingerprint density at radius 2 is 0.795 bits per heavy atom. The summed E-state index contributed by atoms with van der Waals surface area (Å²) >= 11 is 0. The zero-order valence-corrected chi connectivity index (χ0v) is 46.8. The second-order valence-electron chi connectivity index (χ2n) is 22.4. The van der Waals surface area contributed by atoms with E-state index in [1.165, 1.54) is 13.8 Å². The Balaban J connectivity index is 1.21. The first kappa shape index (κ1) is 70.4. The molecule has 6 rings (SSSR count). The molecule has 0 saturated carbocycles. The smallest absolute Gasteiger partial charge is 0.303 e. The summed E-state index contributed by atoms with van der Waals surface area (Å²) in [7, 11) is 0. The lowest BCUT2D eigenvalue weighted by Crippen LogP contribution is -2.68. The van der Waals surface area contributed by atoms with E-state index in [0.717, 1.165) is 57.8 Å². The first-order chi connectivity index (χ1) is 39.5. The van der Waals surface area contributed by atoms with Gasteiger partial charge in [0.1, 0.15) is 134 Å². The minimum absolute atomic E-state index is 0.118. The molecule has 0 bridgehead atoms. The Labute approximate surface area is 479 Å². The van der Waals surface area contributed by atoms with Crippen molar-refractivity contribution in [3.63, 3.8) is 0 Å². The molecule has 6 fully saturated rings. The zero-order chi connectivity index (χ0) is 61.0. The van der Waals surface area contributed by atoms with E-state index in [1.807, 2.05) is 6.92 Å². The van der Waals surface area contributed by atoms with Gasteiger partial charge in [-0.15, -0.1) is 0 Å². The summed E-state index contributed by atoms with van der Waals surface area (Å²) in [4.78, 5) is 10.9. The highest BCUT2D eigenvalue weighted by atomic mass is 16.8. The quantitative estimate of drug-likeness (QED) is 0.0297. The summed E-state index contributed by atoms with van der Waals surface area (Å²) in [6.45, 7) is 1.27. The molecular weight excluding hydrogens is 1120 g/mol. The van der Waals surface area contributed by atoms with Gasteiger partial charge in [0.15, 0.2) is 37.7 Å². The Morgan fingerprint density at radius 3 is 1.37 bits per heavy atom. The van der Waals surface area contributed by atoms with Crippen molar-refractivity contribution in [2.75, 3.05) is 26.4 Å². The SMILES string of the molecule is CCCCC[C@@H](CCCCCCCCCC(=O)O)O[C@@H]1O[C@H](C)[C@H](O)[C@H](O)[C@H]1O[C@@H]1O[C@H](CO)[C@@H](O)[C@H](O[C@@H]2O[C@H](CO[C@@H]3O[C@H](CO)[C@@H](O[C@@H]4O[C@H](CO)[C@@H](O)[C@H](O)[C@H]4O)[C@H](O)[C@H]3O)[C@@H](O)[C@H](O)[C@H]2O)[C@H]1O[C@@H]1O[C@@H](C)[C@H](O)[C@@H](O)[C@H]1O. The van der Waals surface area contributed by atoms with Crippen LogP contribution in [-0.2, 0) is 61.6 Å². The van der Waals surface area contributed by atoms with Crippen molar-refractivity contribution in [3.8, 4) is 0 Å². The number of carboxylic acid groups (broad SMARTS) is 1. The van der Waals surface area contributed by atoms with Crippen LogP contribution in [-0.4, -0.2) is 315 Å². The molecule has 0 radical (unpaired) electrons. The second kappa shape index (κ2) is 33.2. The second-order valence-corrected chi connectivity index (χ2v) is 22.4. The lowest BCUT2D eigenvalue weighted by atomic mass is 9.95. The largest absolute Gasteiger partial charge is 0.481 e. The van der Waals surface area contributed by atoms with Crippen molar-refractivity contribution in [2.45, 2.75) is 295 Å². The number of rotatable bonds is 30. The van der Waals surface area contributed by atoms with Crippen LogP contribution in [0.2, 0.25) is 0 Å². The molecule has 31 atom stereocenters. The standard InChI is InChI=1S/C52H92O31/c1-4-5-11-14-23(15-12-9-7-6-8-10-13-16-28(56)57)75-51-45(37(66)30(59)22(3)74-51)82-52-46(83-48-39(68)34(63)29(58)21(2)73-48)44(33(62)25(18-54)77-52)81-50-41(70)36(65)32(61)27(79-50)20-72-47-42(71)38(67)43(26(19-55)78-47)80-49-40(69)35(64)31(60)24(17-53)76-49/h21-27,29-55,58-71H,4-20H2,1-3H3,(H,56,57)/t21-,22+,23-,24+,25+,26+,27+,29-,30-,31+,32+,33+,34+,35-,36-,37-,38+,39+,40+,41+,42+,43+,44-,45+,46+,47+,48-,49-,50-,51-,52-/m0/s1. The third kappa shape index (κ3) is 17.8. The summed E-state index contributed by atoms with van der Waals surface area (Å²) in [6.07, 6.45) is -45.2. The van der Waals surface area contributed by atoms with Gasteiger partial charge in [-0.3, -0.25) is 4.79 Å². The van der Waals surface area contributed by atoms with E-state index in [9.17, 15) is 91.6 Å². The highest BCUT2D eigenvalue weighted by Gasteiger charge is 2.58. The number of hydrogen-bond acceptors (Lipinski definition) is 30. The van der Waals surface area contributed by atoms with Crippen LogP contribution in [0.3, 0.4) is 0 Å². The Kier molecular flexibility index (Phi) is 28.2. The van der Waals surface area contributed by atoms with Crippen LogP contribution in [0.1, 0.15) is 104 Å². The lowest BCUT2D eigenvalue weighted by Gasteiger charge is -2.50. The summed E-state index contributed by atoms with van der Waals surface area (Å²) in [5.74, 6) is -0.833. The molecule has 18 N–H and O–H groups in total. The Bertz CT molecular complexity index is 1860. The topological polar surface area (TPSA) is 492 Å². The molecule has 0 aliphatic carbocycles. The fourth-order valence-electron chi connectivity index (χ4n) is 11.0. The van der Waals surface area contributed by atoms with Crippen molar-refractivity contribution in [1.29, 1.82) is 0 Å². The number of aliphatic hydroxyl groups excluding tert-OH is 17. The Hall–Kier alpha value is -1.69. The monoisotopic (exact) mass is 1210 g/mol. The summed E-state index contributed by atoms with van der Waals surface area (Å²) in [5.41, 5.74) is 0. The molecular formula is C52H92O31. The van der Waals surface area contributed by atoms with Gasteiger partial charge in [0.05, 0.1) is 44.7 Å². The summed E-state index contributed by atoms with van der Waals surface area (Å²) in [5, 5.41) is 194. The fourth-order valence-corrected chi connectivity index (χ4v) is 11.0. The molecule has 0 aromatic carbocycles. The van der Waals surface area contributed by atoms with Crippen LogP contribution in [0.25, 0.3) is 0 Å². The molecule has 6 saturated heterocycles. The lowest BCUT2D eigenvalue weighted by molar-refractivity contribution is -0.410. The number of carboxylic acids is 1. The number of aliphatic hydroxyl groups is 17. The van der Waals surface area contributed by atoms with Crippen molar-refractivity contribution < 1.29 is 154 Å². The molecule has 6 heterocycles. The number of carbonyl (C=O) groups is 1. The van der Waals surface area contributed by atoms with Crippen LogP contribution >= 0.6 is 0 Å². The van der Waals surface area contributed by atoms with E-state index in [4.69, 9.17) is 61.9 Å². The van der Waals surface area contributed by atoms with E-state index in [1.54, 1.807) is 0 Å². The van der Waals surface area contributed by atoms with Gasteiger partial charge in [0.25, 0.3) is 0 Å². The fraction of sp³-hybridized carbons (Fsp3) is 0.981. The van der Waals surface area contributed by atoms with Crippen LogP contribution in [0.15, 0.2) is 0 Å². The third-order valence-electron chi connectivity index (χ3n) is 16.2. The molecule has 6 aliphatic heterocycles. The number of ether oxygens (including phenoxy) is 12. The van der Waals surface area contributed by atoms with Gasteiger partial charge in [0, 0.05) is 6.42 Å². The summed E-state index contributed by atoms with van der Waals surface area (Å²) in [6, 6.07) is 0. The van der Waals surface area contributed by atoms with Crippen LogP contribution in [0.5, 0.6) is 0 Å². The summed E-state index contributed by atoms with van der Waals surface area (Å²) < 4.78 is 71.5. The maximum Gasteiger partial charge on any atom is 0.303 e. The minimum Gasteiger partial charge on any atom is -0.481 e. The highest BCUT2D eigenvalue weighted by molar-refractivity contribution is 5.66. The molecule has 31 heteroatoms. The first-order valence-corrected chi connectivity index (χ1v) is 28.9. The molecule has 0 aromatic rings. The third-order valence-corrected chi connectivity index (χ3v) is 16.2. The van der Waals surface area contributed by atoms with Crippen molar-refractivity contribution in [3.05, 3.63) is 0 Å². The van der Waals surface area contributed by atoms with E-state index in [2.05, 4.69) is 0 Å². The van der Waals surface area contributed by atoms with Gasteiger partial charge in [0.2, 0.25) is 0 Å². The van der Waals surface area contributed by atoms with Crippen LogP contribution in [0, 0.1) is 0 Å². The average molecular weight is 1210 g/mol. The first-order valence-electron chi connectivity index (χ1n) is 28.9. The van der Waals surface area contributed by atoms with Gasteiger partial charge < -0.3 is 149 Å². The zero-order valence-electron chi connectivity index (χ0n) is 46.8. The normalized spacial score (nSPS) is 45.7. The van der Waals surface area contributed by atoms with Gasteiger partial charge >= 0.3 is 5.97 Å². The van der Waals surface area contributed by atoms with Gasteiger partial charge in [-0.1, -0.05) is 64.7 Å². The number of aliphatic carboxylic acids is 1. The molecule has 0 aromatic heterocycles. The van der Waals surface area contributed by atoms with Gasteiger partial charge in [-0.25, -0.2) is 0 Å². The van der Waals surface area contributed by atoms with Gasteiger partial charge in [-0.2, -0.15) is 0 Å². The molecule has 31 nitrogen and oxygen atoms in total. The molecule has 6 aliphatic rings. The van der Waals surface area contributed by atoms with E-state index in [-0.39, 0.29) is 6.42 Å². The van der Waals surface area contributed by atoms with E-state index < -0.39 is 223 Å². The number of unbranched alkanes of at least 4 members (excludes halogenated alkanes) is 8. The predicted octanol–water partition coefficient (Wildman–Crippen LogP) is -6.48. The van der Waals surface area contributed by atoms with Crippen molar-refractivity contribution in [1.82, 2.24) is 0 Å². The van der Waals surface area contributed by atoms with E-state index in [0.29, 0.717) is 19.3 Å².